The van der Waals surface area contributed by atoms with Gasteiger partial charge in [-0.15, -0.1) is 6.58 Å². The van der Waals surface area contributed by atoms with Crippen molar-refractivity contribution in [3.05, 3.63) is 48.1 Å². The van der Waals surface area contributed by atoms with Crippen LogP contribution in [0.5, 0.6) is 0 Å². The Morgan fingerprint density at radius 2 is 1.68 bits per heavy atom. The van der Waals surface area contributed by atoms with E-state index >= 15 is 0 Å². The molecule has 10 atom stereocenters. The maximum Gasteiger partial charge on any atom is 0.472 e. The fraction of sp³-hybridized carbons (Fsp3) is 0.594. The monoisotopic (exact) mass is 891 g/mol. The zero-order valence-corrected chi connectivity index (χ0v) is 34.0. The second-order valence-corrected chi connectivity index (χ2v) is 16.6. The molecular weight excluding hydrogens is 844 g/mol. The molecule has 0 saturated carbocycles. The number of nitrogen functional groups attached to an aromatic ring is 2. The van der Waals surface area contributed by atoms with Crippen LogP contribution in [-0.2, 0) is 51.2 Å². The number of hydrogen-bond acceptors (Lipinski definition) is 20. The van der Waals surface area contributed by atoms with Crippen molar-refractivity contribution >= 4 is 50.3 Å². The van der Waals surface area contributed by atoms with Crippen LogP contribution in [0.2, 0.25) is 0 Å². The van der Waals surface area contributed by atoms with E-state index in [1.54, 1.807) is 0 Å². The van der Waals surface area contributed by atoms with Crippen LogP contribution in [0.1, 0.15) is 45.6 Å². The number of carbonyl (C=O) groups excluding carboxylic acids is 2. The first kappa shape index (κ1) is 46.8. The maximum absolute atomic E-state index is 13.7. The molecule has 60 heavy (non-hydrogen) atoms. The van der Waals surface area contributed by atoms with Crippen molar-refractivity contribution in [2.75, 3.05) is 37.9 Å². The SMILES string of the molecule is C=CCCC(=O)NC(COCCC(C)C)C(=O)O[C@H]1[C@@H](O)[C@H](n2cnc3c(N)ncnc32)O[C@@H]1COP(=O)(O)O[C@H]1[C@@H](O)[C@H](n2ccc(N)nc2=O)O[C@@H]1COP(=O)(O)O. The van der Waals surface area contributed by atoms with E-state index in [2.05, 4.69) is 36.4 Å². The molecule has 1 amide bonds. The lowest BCUT2D eigenvalue weighted by atomic mass is 10.1. The minimum absolute atomic E-state index is 0.0117. The second-order valence-electron chi connectivity index (χ2n) is 14.0. The largest absolute Gasteiger partial charge is 0.472 e. The molecule has 3 aromatic rings. The molecule has 0 radical (unpaired) electrons. The summed E-state index contributed by atoms with van der Waals surface area (Å²) in [7, 11) is -10.6. The number of allylic oxidation sites excluding steroid dienone is 1. The Bertz CT molecular complexity index is 2140. The molecule has 0 bridgehead atoms. The Hall–Kier alpha value is -4.27. The summed E-state index contributed by atoms with van der Waals surface area (Å²) in [6, 6.07) is -0.212. The first-order chi connectivity index (χ1) is 28.3. The summed E-state index contributed by atoms with van der Waals surface area (Å²) in [4.78, 5) is 84.1. The Labute approximate surface area is 340 Å². The third-order valence-corrected chi connectivity index (χ3v) is 10.5. The van der Waals surface area contributed by atoms with Crippen LogP contribution in [0.4, 0.5) is 11.6 Å². The number of aliphatic hydroxyl groups excluding tert-OH is 2. The minimum atomic E-state index is -5.41. The number of phosphoric acid groups is 2. The highest BCUT2D eigenvalue weighted by Gasteiger charge is 2.52. The van der Waals surface area contributed by atoms with Crippen LogP contribution in [0.3, 0.4) is 0 Å². The van der Waals surface area contributed by atoms with E-state index in [1.807, 2.05) is 13.8 Å². The van der Waals surface area contributed by atoms with E-state index in [1.165, 1.54) is 23.0 Å². The van der Waals surface area contributed by atoms with E-state index in [0.29, 0.717) is 12.8 Å². The molecule has 5 rings (SSSR count). The van der Waals surface area contributed by atoms with Crippen molar-refractivity contribution in [3.63, 3.8) is 0 Å². The number of phosphoric ester groups is 2. The van der Waals surface area contributed by atoms with E-state index in [9.17, 15) is 48.4 Å². The normalized spacial score (nSPS) is 25.9. The summed E-state index contributed by atoms with van der Waals surface area (Å²) < 4.78 is 64.9. The average Bonchev–Trinajstić information content (AvgIpc) is 3.83. The highest BCUT2D eigenvalue weighted by atomic mass is 31.2. The third-order valence-electron chi connectivity index (χ3n) is 9.04. The molecule has 0 spiro atoms. The van der Waals surface area contributed by atoms with Crippen LogP contribution in [0.15, 0.2) is 42.4 Å². The lowest BCUT2D eigenvalue weighted by molar-refractivity contribution is -0.162. The lowest BCUT2D eigenvalue weighted by Gasteiger charge is -2.26. The second kappa shape index (κ2) is 20.1. The first-order valence-corrected chi connectivity index (χ1v) is 21.3. The standard InChI is InChI=1S/C32H47N9O17P2/c1-4-5-6-21(42)38-17(11-52-10-8-16(2)3)31(45)57-25-18(55-30(23(25)43)41-15-37-22-27(34)35-14-36-28(22)41)13-54-60(50,51)58-26-19(12-53-59(47,48)49)56-29(24(26)44)40-9-7-20(33)39-32(40)46/h4,7,9,14-19,23-26,29-30,43-44H,1,5-6,8,10-13H2,2-3H3,(H,38,42)(H,50,51)(H2,33,39,46)(H2,34,35,36)(H2,47,48,49)/t17?,18-,19-,23-,24-,25-,26-,29-,30-/m1/s1. The number of hydrogen-bond donors (Lipinski definition) is 8. The molecular formula is C32H47N9O17P2. The van der Waals surface area contributed by atoms with Gasteiger partial charge in [0.25, 0.3) is 0 Å². The molecule has 2 unspecified atom stereocenters. The number of nitrogens with zero attached hydrogens (tertiary/aromatic N) is 6. The quantitative estimate of drug-likeness (QED) is 0.0269. The van der Waals surface area contributed by atoms with Crippen molar-refractivity contribution < 1.29 is 76.1 Å². The van der Waals surface area contributed by atoms with Gasteiger partial charge in [0.1, 0.15) is 48.2 Å². The van der Waals surface area contributed by atoms with Gasteiger partial charge in [-0.2, -0.15) is 4.98 Å². The van der Waals surface area contributed by atoms with Gasteiger partial charge in [0, 0.05) is 19.2 Å². The molecule has 2 fully saturated rings. The summed E-state index contributed by atoms with van der Waals surface area (Å²) in [5.41, 5.74) is 10.7. The minimum Gasteiger partial charge on any atom is -0.455 e. The number of ether oxygens (including phenoxy) is 4. The third kappa shape index (κ3) is 12.0. The predicted molar refractivity (Wildman–Crippen MR) is 203 cm³/mol. The number of fused-ring (bicyclic) bond motifs is 1. The number of carbonyl (C=O) groups is 2. The van der Waals surface area contributed by atoms with Crippen molar-refractivity contribution in [1.29, 1.82) is 0 Å². The van der Waals surface area contributed by atoms with Gasteiger partial charge in [-0.05, 0) is 24.8 Å². The van der Waals surface area contributed by atoms with E-state index < -0.39 is 102 Å². The van der Waals surface area contributed by atoms with Gasteiger partial charge < -0.3 is 60.6 Å². The van der Waals surface area contributed by atoms with Crippen LogP contribution < -0.4 is 22.5 Å². The van der Waals surface area contributed by atoms with Crippen molar-refractivity contribution in [1.82, 2.24) is 34.4 Å². The molecule has 10 N–H and O–H groups in total. The highest BCUT2D eigenvalue weighted by molar-refractivity contribution is 7.47. The smallest absolute Gasteiger partial charge is 0.455 e. The lowest BCUT2D eigenvalue weighted by Crippen LogP contribution is -2.48. The van der Waals surface area contributed by atoms with E-state index in [-0.39, 0.29) is 48.4 Å². The molecule has 28 heteroatoms. The number of amides is 1. The van der Waals surface area contributed by atoms with Crippen LogP contribution >= 0.6 is 15.6 Å². The Morgan fingerprint density at radius 1 is 1.02 bits per heavy atom. The highest BCUT2D eigenvalue weighted by Crippen LogP contribution is 2.50. The zero-order chi connectivity index (χ0) is 43.9. The van der Waals surface area contributed by atoms with E-state index in [0.717, 1.165) is 17.1 Å². The van der Waals surface area contributed by atoms with Gasteiger partial charge in [-0.25, -0.2) is 33.7 Å². The molecule has 2 aliphatic heterocycles. The summed E-state index contributed by atoms with van der Waals surface area (Å²) >= 11 is 0. The summed E-state index contributed by atoms with van der Waals surface area (Å²) in [6.07, 6.45) is -8.00. The number of anilines is 2. The van der Waals surface area contributed by atoms with Gasteiger partial charge in [0.05, 0.1) is 26.1 Å². The number of nitrogens with one attached hydrogen (secondary N) is 1. The summed E-state index contributed by atoms with van der Waals surface area (Å²) in [6.45, 7) is 5.45. The number of imidazole rings is 1. The maximum atomic E-state index is 13.7. The molecule has 2 aliphatic rings. The van der Waals surface area contributed by atoms with Gasteiger partial charge in [-0.3, -0.25) is 27.5 Å². The van der Waals surface area contributed by atoms with Gasteiger partial charge >= 0.3 is 27.3 Å². The molecule has 0 aliphatic carbocycles. The van der Waals surface area contributed by atoms with Gasteiger partial charge in [-0.1, -0.05) is 19.9 Å². The predicted octanol–water partition coefficient (Wildman–Crippen LogP) is -1.20. The van der Waals surface area contributed by atoms with Crippen LogP contribution in [0.25, 0.3) is 11.2 Å². The molecule has 0 aromatic carbocycles. The van der Waals surface area contributed by atoms with Crippen molar-refractivity contribution in [3.8, 4) is 0 Å². The summed E-state index contributed by atoms with van der Waals surface area (Å²) in [5.74, 6) is -1.54. The molecule has 2 saturated heterocycles. The Balaban J connectivity index is 1.38. The number of aliphatic hydroxyl groups is 2. The number of rotatable bonds is 21. The molecule has 26 nitrogen and oxygen atoms in total. The van der Waals surface area contributed by atoms with Crippen molar-refractivity contribution in [2.24, 2.45) is 5.92 Å². The average molecular weight is 892 g/mol. The van der Waals surface area contributed by atoms with Crippen LogP contribution in [0, 0.1) is 5.92 Å². The van der Waals surface area contributed by atoms with Gasteiger partial charge in [0.15, 0.2) is 36.1 Å². The fourth-order valence-corrected chi connectivity index (χ4v) is 7.35. The van der Waals surface area contributed by atoms with Crippen LogP contribution in [-0.4, -0.2) is 135 Å². The fourth-order valence-electron chi connectivity index (χ4n) is 6.05. The number of aromatic nitrogens is 6. The topological polar surface area (TPSA) is 377 Å². The van der Waals surface area contributed by atoms with Gasteiger partial charge in [0.2, 0.25) is 5.91 Å². The zero-order valence-electron chi connectivity index (χ0n) is 32.2. The summed E-state index contributed by atoms with van der Waals surface area (Å²) in [5, 5.41) is 25.3. The Kier molecular flexibility index (Phi) is 15.7. The number of nitrogens with two attached hydrogens (primary N) is 2. The van der Waals surface area contributed by atoms with Crippen molar-refractivity contribution in [2.45, 2.75) is 88.2 Å². The Morgan fingerprint density at radius 3 is 2.35 bits per heavy atom. The molecule has 332 valence electrons. The first-order valence-electron chi connectivity index (χ1n) is 18.3. The van der Waals surface area contributed by atoms with E-state index in [4.69, 9.17) is 39.5 Å². The molecule has 3 aromatic heterocycles. The molecule has 5 heterocycles. The number of esters is 1.